The number of benzene rings is 1. The molecule has 0 spiro atoms. The number of hydrogen-bond donors (Lipinski definition) is 1. The van der Waals surface area contributed by atoms with Gasteiger partial charge in [0, 0.05) is 25.1 Å². The Morgan fingerprint density at radius 3 is 2.65 bits per heavy atom. The molecule has 2 aromatic rings. The van der Waals surface area contributed by atoms with Crippen molar-refractivity contribution < 1.29 is 13.2 Å². The molecular formula is C14H16N2O3S. The first kappa shape index (κ1) is 14.5. The Hall–Kier alpha value is -1.92. The summed E-state index contributed by atoms with van der Waals surface area (Å²) in [4.78, 5) is 4.40. The van der Waals surface area contributed by atoms with Crippen LogP contribution in [0, 0.1) is 0 Å². The second-order valence-electron chi connectivity index (χ2n) is 4.38. The van der Waals surface area contributed by atoms with Gasteiger partial charge in [-0.15, -0.1) is 0 Å². The normalized spacial score (nSPS) is 11.3. The Bertz CT molecular complexity index is 682. The highest BCUT2D eigenvalue weighted by atomic mass is 32.2. The molecule has 1 aromatic heterocycles. The lowest BCUT2D eigenvalue weighted by molar-refractivity contribution is 0.460. The number of ether oxygens (including phenoxy) is 1. The number of rotatable bonds is 5. The van der Waals surface area contributed by atoms with Crippen molar-refractivity contribution in [2.24, 2.45) is 0 Å². The fourth-order valence-corrected chi connectivity index (χ4v) is 2.33. The highest BCUT2D eigenvalue weighted by molar-refractivity contribution is 7.90. The van der Waals surface area contributed by atoms with Crippen LogP contribution in [0.2, 0.25) is 0 Å². The Balaban J connectivity index is 2.17. The average Bonchev–Trinajstić information content (AvgIpc) is 2.41. The van der Waals surface area contributed by atoms with Gasteiger partial charge in [0.25, 0.3) is 0 Å². The first-order valence-electron chi connectivity index (χ1n) is 6.06. The summed E-state index contributed by atoms with van der Waals surface area (Å²) in [5.41, 5.74) is 1.05. The summed E-state index contributed by atoms with van der Waals surface area (Å²) in [5.74, 6) is 0.872. The molecule has 1 aromatic carbocycles. The molecule has 5 nitrogen and oxygen atoms in total. The molecule has 0 bridgehead atoms. The third-order valence-electron chi connectivity index (χ3n) is 2.63. The summed E-state index contributed by atoms with van der Waals surface area (Å²) in [5, 5.41) is 3.03. The lowest BCUT2D eigenvalue weighted by Gasteiger charge is -2.07. The van der Waals surface area contributed by atoms with E-state index in [4.69, 9.17) is 4.74 Å². The summed E-state index contributed by atoms with van der Waals surface area (Å²) < 4.78 is 28.5. The Labute approximate surface area is 118 Å². The van der Waals surface area contributed by atoms with Gasteiger partial charge in [0.1, 0.15) is 5.75 Å². The van der Waals surface area contributed by atoms with Crippen LogP contribution in [-0.2, 0) is 16.4 Å². The van der Waals surface area contributed by atoms with Crippen molar-refractivity contribution in [3.8, 4) is 11.6 Å². The minimum atomic E-state index is -3.24. The molecule has 6 heteroatoms. The van der Waals surface area contributed by atoms with E-state index in [0.717, 1.165) is 18.4 Å². The molecule has 0 fully saturated rings. The van der Waals surface area contributed by atoms with Crippen LogP contribution < -0.4 is 10.1 Å². The molecule has 2 rings (SSSR count). The third kappa shape index (κ3) is 3.79. The lowest BCUT2D eigenvalue weighted by Crippen LogP contribution is -2.05. The highest BCUT2D eigenvalue weighted by Crippen LogP contribution is 2.22. The Morgan fingerprint density at radius 2 is 2.05 bits per heavy atom. The Kier molecular flexibility index (Phi) is 4.36. The molecule has 0 unspecified atom stereocenters. The van der Waals surface area contributed by atoms with Crippen LogP contribution in [0.25, 0.3) is 0 Å². The molecule has 0 aliphatic carbocycles. The molecule has 106 valence electrons. The topological polar surface area (TPSA) is 68.3 Å². The predicted octanol–water partition coefficient (Wildman–Crippen LogP) is 2.00. The molecule has 0 aliphatic heterocycles. The molecule has 0 atom stereocenters. The van der Waals surface area contributed by atoms with Crippen molar-refractivity contribution in [2.45, 2.75) is 11.4 Å². The largest absolute Gasteiger partial charge is 0.439 e. The van der Waals surface area contributed by atoms with Crippen molar-refractivity contribution in [1.29, 1.82) is 0 Å². The lowest BCUT2D eigenvalue weighted by atomic mass is 10.3. The van der Waals surface area contributed by atoms with Gasteiger partial charge >= 0.3 is 0 Å². The zero-order chi connectivity index (χ0) is 14.6. The van der Waals surface area contributed by atoms with Crippen LogP contribution in [0.5, 0.6) is 11.6 Å². The van der Waals surface area contributed by atoms with Crippen molar-refractivity contribution in [3.63, 3.8) is 0 Å². The molecule has 0 saturated carbocycles. The van der Waals surface area contributed by atoms with Crippen LogP contribution in [0.15, 0.2) is 47.5 Å². The first-order valence-corrected chi connectivity index (χ1v) is 7.96. The number of sulfone groups is 1. The van der Waals surface area contributed by atoms with E-state index in [1.54, 1.807) is 24.4 Å². The van der Waals surface area contributed by atoms with Gasteiger partial charge in [-0.3, -0.25) is 0 Å². The number of aromatic nitrogens is 1. The van der Waals surface area contributed by atoms with Gasteiger partial charge in [0.15, 0.2) is 9.84 Å². The Morgan fingerprint density at radius 1 is 1.25 bits per heavy atom. The van der Waals surface area contributed by atoms with E-state index in [1.807, 2.05) is 13.1 Å². The fraction of sp³-hybridized carbons (Fsp3) is 0.214. The van der Waals surface area contributed by atoms with Crippen LogP contribution in [0.4, 0.5) is 0 Å². The van der Waals surface area contributed by atoms with Crippen LogP contribution in [-0.4, -0.2) is 26.7 Å². The van der Waals surface area contributed by atoms with Crippen molar-refractivity contribution in [2.75, 3.05) is 13.3 Å². The predicted molar refractivity (Wildman–Crippen MR) is 76.6 cm³/mol. The highest BCUT2D eigenvalue weighted by Gasteiger charge is 2.08. The van der Waals surface area contributed by atoms with Crippen molar-refractivity contribution in [3.05, 3.63) is 48.2 Å². The van der Waals surface area contributed by atoms with Gasteiger partial charge < -0.3 is 10.1 Å². The van der Waals surface area contributed by atoms with Gasteiger partial charge in [-0.25, -0.2) is 13.4 Å². The van der Waals surface area contributed by atoms with Crippen LogP contribution in [0.3, 0.4) is 0 Å². The molecule has 0 aliphatic rings. The van der Waals surface area contributed by atoms with Crippen LogP contribution in [0.1, 0.15) is 5.56 Å². The van der Waals surface area contributed by atoms with Crippen molar-refractivity contribution in [1.82, 2.24) is 10.3 Å². The van der Waals surface area contributed by atoms with E-state index in [0.29, 0.717) is 11.6 Å². The van der Waals surface area contributed by atoms with Gasteiger partial charge in [-0.2, -0.15) is 0 Å². The molecule has 20 heavy (non-hydrogen) atoms. The van der Waals surface area contributed by atoms with E-state index < -0.39 is 9.84 Å². The second-order valence-corrected chi connectivity index (χ2v) is 6.40. The molecule has 1 heterocycles. The van der Waals surface area contributed by atoms with Crippen molar-refractivity contribution >= 4 is 9.84 Å². The minimum absolute atomic E-state index is 0.224. The van der Waals surface area contributed by atoms with Gasteiger partial charge in [0.2, 0.25) is 5.88 Å². The monoisotopic (exact) mass is 292 g/mol. The zero-order valence-corrected chi connectivity index (χ0v) is 12.1. The van der Waals surface area contributed by atoms with E-state index in [1.165, 1.54) is 12.1 Å². The maximum absolute atomic E-state index is 11.5. The van der Waals surface area contributed by atoms with E-state index in [2.05, 4.69) is 10.3 Å². The summed E-state index contributed by atoms with van der Waals surface area (Å²) in [7, 11) is -1.38. The maximum atomic E-state index is 11.5. The summed E-state index contributed by atoms with van der Waals surface area (Å²) in [6, 6.07) is 10.0. The van der Waals surface area contributed by atoms with Gasteiger partial charge in [-0.1, -0.05) is 12.1 Å². The third-order valence-corrected chi connectivity index (χ3v) is 3.74. The maximum Gasteiger partial charge on any atom is 0.219 e. The number of pyridine rings is 1. The summed E-state index contributed by atoms with van der Waals surface area (Å²) in [6.45, 7) is 0.733. The summed E-state index contributed by atoms with van der Waals surface area (Å²) in [6.07, 6.45) is 2.88. The smallest absolute Gasteiger partial charge is 0.219 e. The zero-order valence-electron chi connectivity index (χ0n) is 11.3. The number of nitrogens with zero attached hydrogens (tertiary/aromatic N) is 1. The SMILES string of the molecule is CNCc1ccc(Oc2cccc(S(C)(=O)=O)c2)nc1. The molecule has 0 radical (unpaired) electrons. The molecule has 0 saturated heterocycles. The minimum Gasteiger partial charge on any atom is -0.439 e. The molecule has 1 N–H and O–H groups in total. The number of nitrogens with one attached hydrogen (secondary N) is 1. The van der Waals surface area contributed by atoms with Gasteiger partial charge in [0.05, 0.1) is 4.90 Å². The van der Waals surface area contributed by atoms with E-state index >= 15 is 0 Å². The van der Waals surface area contributed by atoms with E-state index in [-0.39, 0.29) is 4.90 Å². The van der Waals surface area contributed by atoms with Crippen LogP contribution >= 0.6 is 0 Å². The van der Waals surface area contributed by atoms with Gasteiger partial charge in [-0.05, 0) is 30.8 Å². The first-order chi connectivity index (χ1) is 9.49. The fourth-order valence-electron chi connectivity index (χ4n) is 1.67. The summed E-state index contributed by atoms with van der Waals surface area (Å²) >= 11 is 0. The second kappa shape index (κ2) is 6.02. The van der Waals surface area contributed by atoms with E-state index in [9.17, 15) is 8.42 Å². The molecule has 0 amide bonds. The quantitative estimate of drug-likeness (QED) is 0.913. The standard InChI is InChI=1S/C14H16N2O3S/c1-15-9-11-6-7-14(16-10-11)19-12-4-3-5-13(8-12)20(2,17)18/h3-8,10,15H,9H2,1-2H3. The molecular weight excluding hydrogens is 276 g/mol. The average molecular weight is 292 g/mol. The number of hydrogen-bond acceptors (Lipinski definition) is 5.